The highest BCUT2D eigenvalue weighted by Gasteiger charge is 2.08. The predicted octanol–water partition coefficient (Wildman–Crippen LogP) is 4.81. The number of fused-ring (bicyclic) bond motifs is 1. The van der Waals surface area contributed by atoms with Crippen LogP contribution in [0.25, 0.3) is 10.2 Å². The van der Waals surface area contributed by atoms with Gasteiger partial charge >= 0.3 is 0 Å². The van der Waals surface area contributed by atoms with Gasteiger partial charge in [0.25, 0.3) is 5.19 Å². The van der Waals surface area contributed by atoms with Gasteiger partial charge in [-0.3, -0.25) is 0 Å². The lowest BCUT2D eigenvalue weighted by Crippen LogP contribution is -2.27. The summed E-state index contributed by atoms with van der Waals surface area (Å²) >= 11 is 1.53. The van der Waals surface area contributed by atoms with Gasteiger partial charge in [0.15, 0.2) is 0 Å². The van der Waals surface area contributed by atoms with Gasteiger partial charge in [0, 0.05) is 6.54 Å². The minimum atomic E-state index is 0.650. The van der Waals surface area contributed by atoms with Crippen molar-refractivity contribution in [3.05, 3.63) is 48.5 Å². The molecule has 0 bridgehead atoms. The van der Waals surface area contributed by atoms with Gasteiger partial charge in [-0.25, -0.2) is 4.98 Å². The average molecular weight is 342 g/mol. The van der Waals surface area contributed by atoms with Crippen molar-refractivity contribution >= 4 is 21.6 Å². The van der Waals surface area contributed by atoms with Crippen LogP contribution in [0.15, 0.2) is 48.5 Å². The lowest BCUT2D eigenvalue weighted by molar-refractivity contribution is 0.223. The summed E-state index contributed by atoms with van der Waals surface area (Å²) in [5.74, 6) is 1.68. The molecule has 0 aliphatic carbocycles. The van der Waals surface area contributed by atoms with Crippen molar-refractivity contribution in [1.29, 1.82) is 0 Å². The summed E-state index contributed by atoms with van der Waals surface area (Å²) in [5, 5.41) is 0.650. The number of aromatic nitrogens is 1. The van der Waals surface area contributed by atoms with E-state index in [9.17, 15) is 0 Å². The van der Waals surface area contributed by atoms with Gasteiger partial charge in [-0.15, -0.1) is 0 Å². The molecule has 0 amide bonds. The summed E-state index contributed by atoms with van der Waals surface area (Å²) in [7, 11) is 0. The molecule has 0 fully saturated rings. The molecule has 2 aromatic carbocycles. The molecule has 3 aromatic rings. The number of benzene rings is 2. The van der Waals surface area contributed by atoms with Gasteiger partial charge in [-0.05, 0) is 43.4 Å². The molecule has 1 aromatic heterocycles. The molecule has 0 saturated carbocycles. The molecular formula is C19H22N2O2S. The van der Waals surface area contributed by atoms with Gasteiger partial charge in [0.1, 0.15) is 18.1 Å². The number of hydrogen-bond acceptors (Lipinski definition) is 5. The largest absolute Gasteiger partial charge is 0.492 e. The average Bonchev–Trinajstić information content (AvgIpc) is 3.01. The lowest BCUT2D eigenvalue weighted by Gasteiger charge is -2.17. The first-order chi connectivity index (χ1) is 11.8. The van der Waals surface area contributed by atoms with Crippen molar-refractivity contribution < 1.29 is 9.47 Å². The number of para-hydroxylation sites is 1. The Labute approximate surface area is 146 Å². The smallest absolute Gasteiger partial charge is 0.279 e. The molecule has 0 atom stereocenters. The zero-order valence-corrected chi connectivity index (χ0v) is 14.9. The van der Waals surface area contributed by atoms with Gasteiger partial charge < -0.3 is 14.4 Å². The van der Waals surface area contributed by atoms with Crippen LogP contribution in [0.1, 0.15) is 13.8 Å². The third kappa shape index (κ3) is 4.24. The number of likely N-dealkylation sites (N-methyl/N-ethyl adjacent to an activating group) is 1. The van der Waals surface area contributed by atoms with Crippen molar-refractivity contribution in [2.75, 3.05) is 26.2 Å². The Morgan fingerprint density at radius 3 is 2.54 bits per heavy atom. The lowest BCUT2D eigenvalue weighted by atomic mass is 10.3. The molecule has 1 heterocycles. The Morgan fingerprint density at radius 2 is 1.79 bits per heavy atom. The standard InChI is InChI=1S/C19H22N2O2S/c1-3-21(4-2)12-13-22-16-10-11-17-18(14-16)24-19(20-17)23-15-8-6-5-7-9-15/h5-11,14H,3-4,12-13H2,1-2H3. The van der Waals surface area contributed by atoms with E-state index in [4.69, 9.17) is 9.47 Å². The van der Waals surface area contributed by atoms with E-state index in [2.05, 4.69) is 23.7 Å². The Kier molecular flexibility index (Phi) is 5.67. The van der Waals surface area contributed by atoms with Crippen LogP contribution < -0.4 is 9.47 Å². The fourth-order valence-electron chi connectivity index (χ4n) is 2.44. The van der Waals surface area contributed by atoms with Gasteiger partial charge in [0.2, 0.25) is 0 Å². The molecule has 0 spiro atoms. The van der Waals surface area contributed by atoms with Crippen LogP contribution in [0.2, 0.25) is 0 Å². The maximum Gasteiger partial charge on any atom is 0.279 e. The second-order valence-corrected chi connectivity index (χ2v) is 6.39. The molecule has 3 rings (SSSR count). The maximum atomic E-state index is 5.87. The zero-order valence-electron chi connectivity index (χ0n) is 14.1. The highest BCUT2D eigenvalue weighted by Crippen LogP contribution is 2.33. The third-order valence-electron chi connectivity index (χ3n) is 3.86. The Bertz CT molecular complexity index is 769. The molecule has 0 radical (unpaired) electrons. The first kappa shape index (κ1) is 16.7. The summed E-state index contributed by atoms with van der Waals surface area (Å²) < 4.78 is 12.7. The number of nitrogens with zero attached hydrogens (tertiary/aromatic N) is 2. The highest BCUT2D eigenvalue weighted by atomic mass is 32.1. The van der Waals surface area contributed by atoms with E-state index in [0.29, 0.717) is 11.8 Å². The van der Waals surface area contributed by atoms with Crippen LogP contribution in [0, 0.1) is 0 Å². The minimum Gasteiger partial charge on any atom is -0.492 e. The molecule has 24 heavy (non-hydrogen) atoms. The molecule has 0 unspecified atom stereocenters. The quantitative estimate of drug-likeness (QED) is 0.588. The topological polar surface area (TPSA) is 34.6 Å². The summed E-state index contributed by atoms with van der Waals surface area (Å²) in [5.41, 5.74) is 0.932. The van der Waals surface area contributed by atoms with Crippen molar-refractivity contribution in [3.8, 4) is 16.7 Å². The summed E-state index contributed by atoms with van der Waals surface area (Å²) in [4.78, 5) is 6.86. The van der Waals surface area contributed by atoms with Crippen LogP contribution in [-0.4, -0.2) is 36.1 Å². The van der Waals surface area contributed by atoms with E-state index in [1.807, 2.05) is 48.5 Å². The molecule has 0 aliphatic rings. The minimum absolute atomic E-state index is 0.650. The first-order valence-electron chi connectivity index (χ1n) is 8.27. The van der Waals surface area contributed by atoms with Crippen molar-refractivity contribution in [2.24, 2.45) is 0 Å². The Balaban J connectivity index is 1.65. The normalized spacial score (nSPS) is 11.1. The van der Waals surface area contributed by atoms with Crippen molar-refractivity contribution in [1.82, 2.24) is 9.88 Å². The van der Waals surface area contributed by atoms with E-state index >= 15 is 0 Å². The predicted molar refractivity (Wildman–Crippen MR) is 99.4 cm³/mol. The maximum absolute atomic E-state index is 5.87. The second kappa shape index (κ2) is 8.13. The number of ether oxygens (including phenoxy) is 2. The number of thiazole rings is 1. The molecule has 0 saturated heterocycles. The molecular weight excluding hydrogens is 320 g/mol. The molecule has 0 aliphatic heterocycles. The van der Waals surface area contributed by atoms with E-state index in [1.54, 1.807) is 0 Å². The summed E-state index contributed by atoms with van der Waals surface area (Å²) in [6.07, 6.45) is 0. The first-order valence-corrected chi connectivity index (χ1v) is 9.08. The zero-order chi connectivity index (χ0) is 16.8. The van der Waals surface area contributed by atoms with E-state index in [1.165, 1.54) is 11.3 Å². The second-order valence-electron chi connectivity index (χ2n) is 5.40. The van der Waals surface area contributed by atoms with Crippen LogP contribution in [0.3, 0.4) is 0 Å². The van der Waals surface area contributed by atoms with Gasteiger partial charge in [-0.1, -0.05) is 43.4 Å². The third-order valence-corrected chi connectivity index (χ3v) is 4.76. The monoisotopic (exact) mass is 342 g/mol. The van der Waals surface area contributed by atoms with Gasteiger partial charge in [-0.2, -0.15) is 0 Å². The molecule has 4 nitrogen and oxygen atoms in total. The van der Waals surface area contributed by atoms with Crippen LogP contribution in [0.4, 0.5) is 0 Å². The van der Waals surface area contributed by atoms with Gasteiger partial charge in [0.05, 0.1) is 10.2 Å². The summed E-state index contributed by atoms with van der Waals surface area (Å²) in [6, 6.07) is 15.7. The molecule has 5 heteroatoms. The Hall–Kier alpha value is -2.11. The van der Waals surface area contributed by atoms with E-state index in [0.717, 1.165) is 41.3 Å². The Morgan fingerprint density at radius 1 is 1.00 bits per heavy atom. The highest BCUT2D eigenvalue weighted by molar-refractivity contribution is 7.20. The molecule has 126 valence electrons. The van der Waals surface area contributed by atoms with Crippen molar-refractivity contribution in [3.63, 3.8) is 0 Å². The van der Waals surface area contributed by atoms with Crippen LogP contribution in [-0.2, 0) is 0 Å². The fourth-order valence-corrected chi connectivity index (χ4v) is 3.30. The van der Waals surface area contributed by atoms with Crippen molar-refractivity contribution in [2.45, 2.75) is 13.8 Å². The summed E-state index contributed by atoms with van der Waals surface area (Å²) in [6.45, 7) is 8.07. The number of hydrogen-bond donors (Lipinski definition) is 0. The molecule has 0 N–H and O–H groups in total. The van der Waals surface area contributed by atoms with E-state index in [-0.39, 0.29) is 0 Å². The van der Waals surface area contributed by atoms with Crippen LogP contribution in [0.5, 0.6) is 16.7 Å². The van der Waals surface area contributed by atoms with E-state index < -0.39 is 0 Å². The fraction of sp³-hybridized carbons (Fsp3) is 0.316. The van der Waals surface area contributed by atoms with Crippen LogP contribution >= 0.6 is 11.3 Å². The number of rotatable bonds is 8. The SMILES string of the molecule is CCN(CC)CCOc1ccc2nc(Oc3ccccc3)sc2c1.